The maximum absolute atomic E-state index is 11.6. The van der Waals surface area contributed by atoms with Crippen LogP contribution in [0, 0.1) is 0 Å². The second-order valence-corrected chi connectivity index (χ2v) is 8.82. The van der Waals surface area contributed by atoms with Gasteiger partial charge in [-0.25, -0.2) is 9.67 Å². The molecule has 8 nitrogen and oxygen atoms in total. The summed E-state index contributed by atoms with van der Waals surface area (Å²) in [5.41, 5.74) is 7.14. The van der Waals surface area contributed by atoms with E-state index in [0.29, 0.717) is 5.13 Å². The molecule has 1 aromatic carbocycles. The van der Waals surface area contributed by atoms with E-state index in [9.17, 15) is 4.79 Å². The summed E-state index contributed by atoms with van der Waals surface area (Å²) in [5, 5.41) is 13.9. The molecular formula is C23H19N7OS. The molecular weight excluding hydrogens is 422 g/mol. The second-order valence-electron chi connectivity index (χ2n) is 7.82. The lowest BCUT2D eigenvalue weighted by Gasteiger charge is -2.14. The zero-order chi connectivity index (χ0) is 21.8. The van der Waals surface area contributed by atoms with Crippen LogP contribution in [0.4, 0.5) is 5.13 Å². The molecule has 0 saturated heterocycles. The minimum Gasteiger partial charge on any atom is -0.302 e. The predicted octanol–water partition coefficient (Wildman–Crippen LogP) is 4.00. The minimum absolute atomic E-state index is 0.122. The Morgan fingerprint density at radius 1 is 1.19 bits per heavy atom. The third-order valence-corrected chi connectivity index (χ3v) is 6.72. The van der Waals surface area contributed by atoms with E-state index in [1.54, 1.807) is 6.20 Å². The van der Waals surface area contributed by atoms with Gasteiger partial charge in [0.2, 0.25) is 5.91 Å². The molecule has 0 aliphatic heterocycles. The maximum Gasteiger partial charge on any atom is 0.223 e. The molecule has 1 amide bonds. The number of carbonyl (C=O) groups is 1. The van der Waals surface area contributed by atoms with Crippen LogP contribution in [-0.2, 0) is 24.7 Å². The molecule has 0 fully saturated rings. The zero-order valence-corrected chi connectivity index (χ0v) is 18.3. The smallest absolute Gasteiger partial charge is 0.223 e. The molecule has 6 rings (SSSR count). The van der Waals surface area contributed by atoms with Gasteiger partial charge in [-0.3, -0.25) is 14.5 Å². The molecule has 9 heteroatoms. The van der Waals surface area contributed by atoms with Gasteiger partial charge in [0.1, 0.15) is 0 Å². The van der Waals surface area contributed by atoms with Gasteiger partial charge in [0.05, 0.1) is 39.4 Å². The molecule has 4 heterocycles. The van der Waals surface area contributed by atoms with Gasteiger partial charge in [-0.2, -0.15) is 10.2 Å². The van der Waals surface area contributed by atoms with Crippen LogP contribution < -0.4 is 5.32 Å². The standard InChI is InChI=1S/C23H19N7OS/c1-13(31)26-23-27-18-7-6-17-20(14-4-3-9-24-11-14)28-30(21(17)22(18)32-23)16-5-8-19-15(10-16)12-25-29(19)2/h3-5,8-12H,6-7H2,1-2H3,(H,26,27,31). The fourth-order valence-electron chi connectivity index (χ4n) is 4.28. The van der Waals surface area contributed by atoms with Crippen LogP contribution in [0.5, 0.6) is 0 Å². The van der Waals surface area contributed by atoms with Crippen molar-refractivity contribution in [2.24, 2.45) is 7.05 Å². The number of thiazole rings is 1. The topological polar surface area (TPSA) is 90.5 Å². The van der Waals surface area contributed by atoms with E-state index in [-0.39, 0.29) is 5.91 Å². The van der Waals surface area contributed by atoms with E-state index in [1.165, 1.54) is 23.8 Å². The fourth-order valence-corrected chi connectivity index (χ4v) is 5.39. The first kappa shape index (κ1) is 18.9. The number of benzene rings is 1. The monoisotopic (exact) mass is 441 g/mol. The third-order valence-electron chi connectivity index (χ3n) is 5.70. The molecule has 1 aliphatic rings. The van der Waals surface area contributed by atoms with Gasteiger partial charge in [-0.1, -0.05) is 11.3 Å². The first-order valence-corrected chi connectivity index (χ1v) is 11.1. The zero-order valence-electron chi connectivity index (χ0n) is 17.5. The van der Waals surface area contributed by atoms with Crippen LogP contribution in [-0.4, -0.2) is 35.4 Å². The number of hydrogen-bond donors (Lipinski definition) is 1. The van der Waals surface area contributed by atoms with Crippen LogP contribution >= 0.6 is 11.3 Å². The van der Waals surface area contributed by atoms with Crippen LogP contribution in [0.3, 0.4) is 0 Å². The average molecular weight is 442 g/mol. The van der Waals surface area contributed by atoms with Gasteiger partial charge in [0.25, 0.3) is 0 Å². The van der Waals surface area contributed by atoms with Crippen LogP contribution in [0.1, 0.15) is 18.2 Å². The Labute approximate surface area is 187 Å². The molecule has 0 radical (unpaired) electrons. The van der Waals surface area contributed by atoms with Gasteiger partial charge in [-0.15, -0.1) is 0 Å². The molecule has 1 aliphatic carbocycles. The first-order chi connectivity index (χ1) is 15.6. The van der Waals surface area contributed by atoms with E-state index in [1.807, 2.05) is 40.9 Å². The number of nitrogens with one attached hydrogen (secondary N) is 1. The number of carbonyl (C=O) groups excluding carboxylic acids is 1. The Morgan fingerprint density at radius 2 is 2.09 bits per heavy atom. The number of nitrogens with zero attached hydrogens (tertiary/aromatic N) is 6. The number of aryl methyl sites for hydroxylation is 2. The van der Waals surface area contributed by atoms with Crippen molar-refractivity contribution in [3.8, 4) is 27.5 Å². The first-order valence-electron chi connectivity index (χ1n) is 10.3. The number of amides is 1. The van der Waals surface area contributed by atoms with Crippen molar-refractivity contribution in [1.29, 1.82) is 0 Å². The Morgan fingerprint density at radius 3 is 2.91 bits per heavy atom. The summed E-state index contributed by atoms with van der Waals surface area (Å²) in [6, 6.07) is 10.2. The predicted molar refractivity (Wildman–Crippen MR) is 124 cm³/mol. The summed E-state index contributed by atoms with van der Waals surface area (Å²) in [4.78, 5) is 21.6. The van der Waals surface area contributed by atoms with E-state index in [0.717, 1.165) is 57.0 Å². The highest BCUT2D eigenvalue weighted by atomic mass is 32.1. The van der Waals surface area contributed by atoms with Crippen LogP contribution in [0.25, 0.3) is 38.4 Å². The lowest BCUT2D eigenvalue weighted by Crippen LogP contribution is -2.07. The number of hydrogen-bond acceptors (Lipinski definition) is 6. The number of rotatable bonds is 3. The lowest BCUT2D eigenvalue weighted by atomic mass is 9.95. The quantitative estimate of drug-likeness (QED) is 0.457. The Kier molecular flexibility index (Phi) is 4.19. The number of aromatic nitrogens is 6. The van der Waals surface area contributed by atoms with E-state index < -0.39 is 0 Å². The van der Waals surface area contributed by atoms with Gasteiger partial charge in [-0.05, 0) is 43.2 Å². The van der Waals surface area contributed by atoms with Gasteiger partial charge >= 0.3 is 0 Å². The van der Waals surface area contributed by atoms with Crippen molar-refractivity contribution in [3.05, 3.63) is 60.2 Å². The van der Waals surface area contributed by atoms with E-state index >= 15 is 0 Å². The maximum atomic E-state index is 11.6. The summed E-state index contributed by atoms with van der Waals surface area (Å²) in [6.45, 7) is 1.50. The van der Waals surface area contributed by atoms with Gasteiger partial charge < -0.3 is 5.32 Å². The summed E-state index contributed by atoms with van der Waals surface area (Å²) in [5.74, 6) is -0.122. The largest absolute Gasteiger partial charge is 0.302 e. The summed E-state index contributed by atoms with van der Waals surface area (Å²) >= 11 is 1.50. The fraction of sp³-hybridized carbons (Fsp3) is 0.174. The highest BCUT2D eigenvalue weighted by molar-refractivity contribution is 7.19. The van der Waals surface area contributed by atoms with Crippen molar-refractivity contribution in [1.82, 2.24) is 29.5 Å². The molecule has 0 bridgehead atoms. The lowest BCUT2D eigenvalue weighted by molar-refractivity contribution is -0.114. The summed E-state index contributed by atoms with van der Waals surface area (Å²) in [6.07, 6.45) is 7.11. The molecule has 5 aromatic rings. The van der Waals surface area contributed by atoms with Crippen molar-refractivity contribution >= 4 is 33.3 Å². The molecule has 0 unspecified atom stereocenters. The number of fused-ring (bicyclic) bond motifs is 4. The van der Waals surface area contributed by atoms with E-state index in [2.05, 4.69) is 38.6 Å². The Bertz CT molecular complexity index is 1500. The van der Waals surface area contributed by atoms with Gasteiger partial charge in [0, 0.05) is 42.9 Å². The molecule has 158 valence electrons. The third kappa shape index (κ3) is 2.93. The van der Waals surface area contributed by atoms with Crippen LogP contribution in [0.15, 0.2) is 48.9 Å². The van der Waals surface area contributed by atoms with Crippen LogP contribution in [0.2, 0.25) is 0 Å². The number of pyridine rings is 1. The van der Waals surface area contributed by atoms with Crippen molar-refractivity contribution in [3.63, 3.8) is 0 Å². The number of anilines is 1. The molecule has 1 N–H and O–H groups in total. The molecule has 0 saturated carbocycles. The Hall–Kier alpha value is -3.85. The normalized spacial score (nSPS) is 12.6. The van der Waals surface area contributed by atoms with Crippen molar-refractivity contribution in [2.45, 2.75) is 19.8 Å². The minimum atomic E-state index is -0.122. The molecule has 32 heavy (non-hydrogen) atoms. The van der Waals surface area contributed by atoms with Crippen molar-refractivity contribution in [2.75, 3.05) is 5.32 Å². The average Bonchev–Trinajstić information content (AvgIpc) is 3.48. The van der Waals surface area contributed by atoms with Gasteiger partial charge in [0.15, 0.2) is 5.13 Å². The molecule has 4 aromatic heterocycles. The summed E-state index contributed by atoms with van der Waals surface area (Å²) < 4.78 is 3.86. The highest BCUT2D eigenvalue weighted by Gasteiger charge is 2.30. The molecule has 0 atom stereocenters. The summed E-state index contributed by atoms with van der Waals surface area (Å²) in [7, 11) is 1.94. The highest BCUT2D eigenvalue weighted by Crippen LogP contribution is 2.44. The second kappa shape index (κ2) is 7.10. The SMILES string of the molecule is CC(=O)Nc1nc2c(s1)-c1c(c(-c3cccnc3)nn1-c1ccc3c(cnn3C)c1)CC2. The van der Waals surface area contributed by atoms with Crippen molar-refractivity contribution < 1.29 is 4.79 Å². The van der Waals surface area contributed by atoms with E-state index in [4.69, 9.17) is 5.10 Å². The Balaban J connectivity index is 1.59. The molecule has 0 spiro atoms.